The fraction of sp³-hybridized carbons (Fsp3) is 0.231. The number of para-hydroxylation sites is 1. The quantitative estimate of drug-likeness (QED) is 0.656. The summed E-state index contributed by atoms with van der Waals surface area (Å²) in [5.74, 6) is -3.15. The van der Waals surface area contributed by atoms with E-state index >= 15 is 0 Å². The summed E-state index contributed by atoms with van der Waals surface area (Å²) in [6, 6.07) is 5.40. The van der Waals surface area contributed by atoms with E-state index in [0.29, 0.717) is 24.5 Å². The van der Waals surface area contributed by atoms with E-state index in [0.717, 1.165) is 10.5 Å². The van der Waals surface area contributed by atoms with Gasteiger partial charge >= 0.3 is 18.1 Å². The number of nitrogens with two attached hydrogens (primary N) is 1. The molecule has 0 saturated carbocycles. The monoisotopic (exact) mass is 399 g/mol. The van der Waals surface area contributed by atoms with Gasteiger partial charge in [0.05, 0.1) is 4.47 Å². The number of ether oxygens (including phenoxy) is 1. The maximum absolute atomic E-state index is 10.6. The van der Waals surface area contributed by atoms with Crippen molar-refractivity contribution in [1.82, 2.24) is 0 Å². The van der Waals surface area contributed by atoms with Gasteiger partial charge in [0, 0.05) is 18.2 Å². The molecule has 4 N–H and O–H groups in total. The van der Waals surface area contributed by atoms with Crippen LogP contribution in [0.3, 0.4) is 0 Å². The van der Waals surface area contributed by atoms with E-state index < -0.39 is 18.1 Å². The topological polar surface area (TPSA) is 110 Å². The lowest BCUT2D eigenvalue weighted by molar-refractivity contribution is -0.192. The summed E-state index contributed by atoms with van der Waals surface area (Å²) in [6.07, 6.45) is -2.53. The first kappa shape index (κ1) is 20.9. The van der Waals surface area contributed by atoms with Crippen molar-refractivity contribution >= 4 is 33.9 Å². The molecule has 0 amide bonds. The van der Waals surface area contributed by atoms with Crippen molar-refractivity contribution in [2.24, 2.45) is 5.73 Å². The average Bonchev–Trinajstić information content (AvgIpc) is 2.43. The number of halogens is 4. The number of carboxylic acids is 2. The Bertz CT molecular complexity index is 575. The van der Waals surface area contributed by atoms with E-state index in [1.54, 1.807) is 12.1 Å². The molecule has 6 nitrogen and oxygen atoms in total. The Hall–Kier alpha value is -2.07. The highest BCUT2D eigenvalue weighted by Gasteiger charge is 2.38. The molecular weight excluding hydrogens is 387 g/mol. The molecule has 23 heavy (non-hydrogen) atoms. The van der Waals surface area contributed by atoms with Crippen LogP contribution in [-0.4, -0.2) is 41.5 Å². The van der Waals surface area contributed by atoms with E-state index in [1.165, 1.54) is 6.08 Å². The van der Waals surface area contributed by atoms with Crippen molar-refractivity contribution in [2.45, 2.75) is 6.18 Å². The predicted octanol–water partition coefficient (Wildman–Crippen LogP) is 2.52. The van der Waals surface area contributed by atoms with Crippen LogP contribution in [0.5, 0.6) is 5.75 Å². The molecule has 0 atom stereocenters. The third kappa shape index (κ3) is 8.83. The van der Waals surface area contributed by atoms with Crippen molar-refractivity contribution in [3.05, 3.63) is 34.3 Å². The van der Waals surface area contributed by atoms with E-state index in [-0.39, 0.29) is 0 Å². The lowest BCUT2D eigenvalue weighted by Gasteiger charge is -2.09. The number of hydrogen-bond acceptors (Lipinski definition) is 4. The average molecular weight is 400 g/mol. The summed E-state index contributed by atoms with van der Waals surface area (Å²) in [7, 11) is 0. The van der Waals surface area contributed by atoms with Gasteiger partial charge in [-0.2, -0.15) is 13.2 Å². The molecule has 0 unspecified atom stereocenters. The molecule has 0 saturated heterocycles. The Morgan fingerprint density at radius 1 is 1.30 bits per heavy atom. The highest BCUT2D eigenvalue weighted by atomic mass is 79.9. The molecule has 0 bridgehead atoms. The maximum Gasteiger partial charge on any atom is 0.490 e. The van der Waals surface area contributed by atoms with Crippen molar-refractivity contribution in [2.75, 3.05) is 13.2 Å². The second-order valence-corrected chi connectivity index (χ2v) is 4.62. The van der Waals surface area contributed by atoms with E-state index in [2.05, 4.69) is 15.9 Å². The minimum Gasteiger partial charge on any atom is -0.490 e. The molecule has 128 valence electrons. The van der Waals surface area contributed by atoms with Crippen molar-refractivity contribution in [3.63, 3.8) is 0 Å². The predicted molar refractivity (Wildman–Crippen MR) is 79.1 cm³/mol. The third-order valence-corrected chi connectivity index (χ3v) is 2.63. The molecule has 1 aromatic rings. The molecular formula is C13H13BrF3NO5. The van der Waals surface area contributed by atoms with Crippen LogP contribution < -0.4 is 10.5 Å². The van der Waals surface area contributed by atoms with Crippen molar-refractivity contribution in [1.29, 1.82) is 0 Å². The molecule has 0 aliphatic rings. The Morgan fingerprint density at radius 2 is 1.87 bits per heavy atom. The van der Waals surface area contributed by atoms with Gasteiger partial charge in [0.2, 0.25) is 0 Å². The Labute approximate surface area is 137 Å². The number of carbonyl (C=O) groups is 2. The third-order valence-electron chi connectivity index (χ3n) is 2.01. The second kappa shape index (κ2) is 9.85. The van der Waals surface area contributed by atoms with Crippen LogP contribution in [0.4, 0.5) is 13.2 Å². The highest BCUT2D eigenvalue weighted by Crippen LogP contribution is 2.29. The molecule has 0 fully saturated rings. The van der Waals surface area contributed by atoms with Gasteiger partial charge < -0.3 is 20.7 Å². The van der Waals surface area contributed by atoms with Gasteiger partial charge in [0.15, 0.2) is 0 Å². The molecule has 0 aliphatic heterocycles. The van der Waals surface area contributed by atoms with Crippen LogP contribution in [0.1, 0.15) is 5.56 Å². The van der Waals surface area contributed by atoms with Gasteiger partial charge in [-0.3, -0.25) is 0 Å². The zero-order chi connectivity index (χ0) is 18.0. The molecule has 1 aromatic carbocycles. The zero-order valence-electron chi connectivity index (χ0n) is 11.5. The van der Waals surface area contributed by atoms with E-state index in [9.17, 15) is 18.0 Å². The van der Waals surface area contributed by atoms with Crippen LogP contribution in [0, 0.1) is 0 Å². The summed E-state index contributed by atoms with van der Waals surface area (Å²) >= 11 is 3.34. The van der Waals surface area contributed by atoms with Crippen LogP contribution in [0.2, 0.25) is 0 Å². The van der Waals surface area contributed by atoms with Crippen molar-refractivity contribution in [3.8, 4) is 5.75 Å². The number of hydrogen-bond donors (Lipinski definition) is 3. The van der Waals surface area contributed by atoms with Crippen molar-refractivity contribution < 1.29 is 37.7 Å². The fourth-order valence-electron chi connectivity index (χ4n) is 1.13. The van der Waals surface area contributed by atoms with Gasteiger partial charge in [-0.25, -0.2) is 9.59 Å². The summed E-state index contributed by atoms with van der Waals surface area (Å²) in [5.41, 5.74) is 6.05. The number of benzene rings is 1. The fourth-order valence-corrected chi connectivity index (χ4v) is 1.63. The first-order valence-corrected chi connectivity index (χ1v) is 6.71. The Balaban J connectivity index is 0.000000585. The molecule has 0 radical (unpaired) electrons. The first-order chi connectivity index (χ1) is 10.6. The number of carboxylic acid groups (broad SMARTS) is 2. The Morgan fingerprint density at radius 3 is 2.30 bits per heavy atom. The van der Waals surface area contributed by atoms with Crippen LogP contribution in [-0.2, 0) is 9.59 Å². The van der Waals surface area contributed by atoms with Crippen LogP contribution >= 0.6 is 15.9 Å². The smallest absolute Gasteiger partial charge is 0.490 e. The first-order valence-electron chi connectivity index (χ1n) is 5.92. The SMILES string of the molecule is NCCOc1c(Br)cccc1/C=C/C(=O)O.O=C(O)C(F)(F)F. The molecule has 0 spiro atoms. The summed E-state index contributed by atoms with van der Waals surface area (Å²) in [5, 5.41) is 15.7. The van der Waals surface area contributed by atoms with Gasteiger partial charge in [0.1, 0.15) is 12.4 Å². The number of alkyl halides is 3. The minimum atomic E-state index is -5.08. The van der Waals surface area contributed by atoms with Crippen LogP contribution in [0.15, 0.2) is 28.7 Å². The lowest BCUT2D eigenvalue weighted by atomic mass is 10.2. The second-order valence-electron chi connectivity index (χ2n) is 3.77. The zero-order valence-corrected chi connectivity index (χ0v) is 13.1. The van der Waals surface area contributed by atoms with Gasteiger partial charge in [-0.1, -0.05) is 12.1 Å². The summed E-state index contributed by atoms with van der Waals surface area (Å²) in [4.78, 5) is 19.3. The summed E-state index contributed by atoms with van der Waals surface area (Å²) in [6.45, 7) is 0.792. The molecule has 10 heteroatoms. The molecule has 0 aliphatic carbocycles. The van der Waals surface area contributed by atoms with Gasteiger partial charge in [0.25, 0.3) is 0 Å². The normalized spacial score (nSPS) is 10.8. The lowest BCUT2D eigenvalue weighted by Crippen LogP contribution is -2.21. The Kier molecular flexibility index (Phi) is 8.96. The summed E-state index contributed by atoms with van der Waals surface area (Å²) < 4.78 is 37.9. The van der Waals surface area contributed by atoms with E-state index in [4.69, 9.17) is 25.5 Å². The maximum atomic E-state index is 10.6. The van der Waals surface area contributed by atoms with Gasteiger partial charge in [-0.15, -0.1) is 0 Å². The molecule has 0 heterocycles. The minimum absolute atomic E-state index is 0.385. The van der Waals surface area contributed by atoms with Gasteiger partial charge in [-0.05, 0) is 28.1 Å². The van der Waals surface area contributed by atoms with Crippen LogP contribution in [0.25, 0.3) is 6.08 Å². The number of rotatable bonds is 5. The molecule has 1 rings (SSSR count). The standard InChI is InChI=1S/C11H12BrNO3.C2HF3O2/c12-9-3-1-2-8(4-5-10(14)15)11(9)16-7-6-13;3-2(4,5)1(6)7/h1-5H,6-7,13H2,(H,14,15);(H,6,7)/b5-4+;. The largest absolute Gasteiger partial charge is 0.490 e. The highest BCUT2D eigenvalue weighted by molar-refractivity contribution is 9.10. The number of aliphatic carboxylic acids is 2. The molecule has 0 aromatic heterocycles. The van der Waals surface area contributed by atoms with E-state index in [1.807, 2.05) is 6.07 Å².